The number of hydrogen-bond donors (Lipinski definition) is 7. The Kier molecular flexibility index (Phi) is 14.8. The SMILES string of the molecule is Cn1c(=O)n(C2CCC(=O)NC2=O)c2ccc(CCCc3cccc(OC[C@H](CCC(N)=O)NC(=O)[C@@H]4CC[C@@H]5CCCC[C@H](NC(=O)c6cc7cc(C(=O)P(=O)(O)O)ccc7[nH]6)C(=O)N54)c3Cl)cc21. The van der Waals surface area contributed by atoms with E-state index >= 15 is 0 Å². The molecule has 3 aliphatic heterocycles. The number of nitrogens with two attached hydrogens (primary N) is 1. The van der Waals surface area contributed by atoms with Gasteiger partial charge in [0.25, 0.3) is 11.4 Å². The second-order valence-corrected chi connectivity index (χ2v) is 20.1. The normalized spacial score (nSPS) is 20.1. The molecule has 0 spiro atoms. The molecule has 1 unspecified atom stereocenters. The fraction of sp³-hybridized carbons (Fsp3) is 0.417. The van der Waals surface area contributed by atoms with Crippen molar-refractivity contribution in [2.75, 3.05) is 6.61 Å². The van der Waals surface area contributed by atoms with Crippen molar-refractivity contribution >= 4 is 82.1 Å². The number of piperidine rings is 1. The quantitative estimate of drug-likeness (QED) is 0.0517. The molecule has 5 heterocycles. The summed E-state index contributed by atoms with van der Waals surface area (Å²) in [5.74, 6) is -2.53. The Balaban J connectivity index is 0.897. The molecule has 0 bridgehead atoms. The second-order valence-electron chi connectivity index (χ2n) is 18.2. The van der Waals surface area contributed by atoms with Crippen LogP contribution in [0.5, 0.6) is 5.75 Å². The molecule has 5 aromatic rings. The van der Waals surface area contributed by atoms with E-state index in [1.807, 2.05) is 24.3 Å². The van der Waals surface area contributed by atoms with Crippen molar-refractivity contribution in [3.05, 3.63) is 98.6 Å². The van der Waals surface area contributed by atoms with Crippen molar-refractivity contribution in [1.29, 1.82) is 0 Å². The van der Waals surface area contributed by atoms with E-state index in [2.05, 4.69) is 20.9 Å². The van der Waals surface area contributed by atoms with E-state index in [4.69, 9.17) is 22.1 Å². The van der Waals surface area contributed by atoms with Crippen LogP contribution in [0.25, 0.3) is 21.9 Å². The van der Waals surface area contributed by atoms with Gasteiger partial charge in [-0.15, -0.1) is 0 Å². The maximum absolute atomic E-state index is 14.3. The molecule has 3 saturated heterocycles. The van der Waals surface area contributed by atoms with Crippen LogP contribution in [0.15, 0.2) is 65.5 Å². The molecule has 5 atom stereocenters. The lowest BCUT2D eigenvalue weighted by molar-refractivity contribution is -0.143. The van der Waals surface area contributed by atoms with E-state index in [0.29, 0.717) is 84.1 Å². The van der Waals surface area contributed by atoms with Crippen molar-refractivity contribution in [3.8, 4) is 5.75 Å². The molecule has 0 aliphatic carbocycles. The van der Waals surface area contributed by atoms with Gasteiger partial charge < -0.3 is 40.8 Å². The summed E-state index contributed by atoms with van der Waals surface area (Å²) in [6, 6.07) is 12.8. The maximum atomic E-state index is 14.3. The van der Waals surface area contributed by atoms with E-state index in [-0.39, 0.29) is 61.2 Å². The van der Waals surface area contributed by atoms with Crippen LogP contribution in [0, 0.1) is 0 Å². The van der Waals surface area contributed by atoms with E-state index in [0.717, 1.165) is 17.5 Å². The number of H-pyrrole nitrogens is 1. The Labute approximate surface area is 405 Å². The van der Waals surface area contributed by atoms with Crippen molar-refractivity contribution in [2.45, 2.75) is 114 Å². The number of carbonyl (C=O) groups excluding carboxylic acids is 7. The maximum Gasteiger partial charge on any atom is 0.396 e. The highest BCUT2D eigenvalue weighted by atomic mass is 35.5. The minimum absolute atomic E-state index is 0.0528. The summed E-state index contributed by atoms with van der Waals surface area (Å²) in [5, 5.41) is 8.87. The first kappa shape index (κ1) is 49.8. The van der Waals surface area contributed by atoms with Crippen LogP contribution in [0.4, 0.5) is 0 Å². The number of hydrogen-bond acceptors (Lipinski definition) is 10. The summed E-state index contributed by atoms with van der Waals surface area (Å²) in [4.78, 5) is 127. The van der Waals surface area contributed by atoms with E-state index in [9.17, 15) is 52.7 Å². The lowest BCUT2D eigenvalue weighted by Gasteiger charge is -2.35. The van der Waals surface area contributed by atoms with E-state index in [1.54, 1.807) is 24.1 Å². The standard InChI is InChI=1S/C48H54ClN8O12P/c1-55-38-22-26(12-17-35(38)57(48(55)65)37-19-21-41(59)54-45(37)62)6-4-7-27-8-5-11-39(42(27)49)69-25-30(14-20-40(50)58)51-44(61)36-18-15-31-9-2-3-10-33(46(63)56(31)36)53-43(60)34-24-29-23-28(13-16-32(29)52-34)47(64)70(66,67)68/h5,8,11-13,16-17,22-24,30-31,33,36-37,52H,2-4,6-7,9-10,14-15,18-21,25H2,1H3,(H2,50,58)(H,51,61)(H,53,60)(H,54,59,62)(H2,66,67,68)/t30-,31-,33-,36-,37?/m0/s1. The lowest BCUT2D eigenvalue weighted by atomic mass is 9.98. The number of aromatic amines is 1. The number of halogens is 1. The highest BCUT2D eigenvalue weighted by Crippen LogP contribution is 2.40. The van der Waals surface area contributed by atoms with Gasteiger partial charge in [-0.3, -0.25) is 52.6 Å². The summed E-state index contributed by atoms with van der Waals surface area (Å²) >= 11 is 6.89. The van der Waals surface area contributed by atoms with Gasteiger partial charge in [0.15, 0.2) is 0 Å². The summed E-state index contributed by atoms with van der Waals surface area (Å²) in [6.07, 6.45) is 5.74. The number of nitrogens with zero attached hydrogens (tertiary/aromatic N) is 3. The highest BCUT2D eigenvalue weighted by Gasteiger charge is 2.44. The average Bonchev–Trinajstić information content (AvgIpc) is 4.01. The topological polar surface area (TPSA) is 294 Å². The van der Waals surface area contributed by atoms with Crippen LogP contribution >= 0.6 is 19.2 Å². The molecule has 2 aromatic heterocycles. The van der Waals surface area contributed by atoms with Crippen LogP contribution in [-0.4, -0.2) is 101 Å². The van der Waals surface area contributed by atoms with Crippen LogP contribution in [0.2, 0.25) is 5.02 Å². The third-order valence-corrected chi connectivity index (χ3v) is 14.7. The number of benzene rings is 3. The molecule has 3 aliphatic rings. The molecule has 22 heteroatoms. The zero-order valence-electron chi connectivity index (χ0n) is 38.3. The van der Waals surface area contributed by atoms with Gasteiger partial charge in [0.2, 0.25) is 29.5 Å². The molecule has 0 saturated carbocycles. The molecule has 8 N–H and O–H groups in total. The van der Waals surface area contributed by atoms with Gasteiger partial charge >= 0.3 is 13.3 Å². The Bertz CT molecular complexity index is 3030. The molecule has 0 radical (unpaired) electrons. The molecule has 70 heavy (non-hydrogen) atoms. The van der Waals surface area contributed by atoms with Crippen LogP contribution < -0.4 is 32.1 Å². The predicted molar refractivity (Wildman–Crippen MR) is 256 cm³/mol. The molecule has 370 valence electrons. The summed E-state index contributed by atoms with van der Waals surface area (Å²) in [6.45, 7) is -0.0678. The van der Waals surface area contributed by atoms with E-state index in [1.165, 1.54) is 33.4 Å². The van der Waals surface area contributed by atoms with Gasteiger partial charge in [-0.2, -0.15) is 0 Å². The van der Waals surface area contributed by atoms with Crippen molar-refractivity contribution in [2.24, 2.45) is 12.8 Å². The number of imide groups is 1. The van der Waals surface area contributed by atoms with Crippen molar-refractivity contribution in [1.82, 2.24) is 35.0 Å². The first-order chi connectivity index (χ1) is 33.4. The Morgan fingerprint density at radius 1 is 0.943 bits per heavy atom. The molecule has 20 nitrogen and oxygen atoms in total. The van der Waals surface area contributed by atoms with Gasteiger partial charge in [-0.05, 0) is 111 Å². The second kappa shape index (κ2) is 20.8. The number of primary amides is 1. The number of fused-ring (bicyclic) bond motifs is 3. The minimum atomic E-state index is -5.03. The van der Waals surface area contributed by atoms with Gasteiger partial charge in [0.05, 0.1) is 22.1 Å². The zero-order valence-corrected chi connectivity index (χ0v) is 39.9. The lowest BCUT2D eigenvalue weighted by Crippen LogP contribution is -2.57. The highest BCUT2D eigenvalue weighted by molar-refractivity contribution is 7.70. The summed E-state index contributed by atoms with van der Waals surface area (Å²) < 4.78 is 20.7. The van der Waals surface area contributed by atoms with Gasteiger partial charge in [0.1, 0.15) is 36.2 Å². The predicted octanol–water partition coefficient (Wildman–Crippen LogP) is 3.81. The Morgan fingerprint density at radius 2 is 1.73 bits per heavy atom. The smallest absolute Gasteiger partial charge is 0.396 e. The third-order valence-electron chi connectivity index (χ3n) is 13.5. The summed E-state index contributed by atoms with van der Waals surface area (Å²) in [7, 11) is -3.39. The zero-order chi connectivity index (χ0) is 50.0. The molecule has 3 fully saturated rings. The Hall–Kier alpha value is -6.60. The minimum Gasteiger partial charge on any atom is -0.490 e. The fourth-order valence-corrected chi connectivity index (χ4v) is 10.6. The van der Waals surface area contributed by atoms with Gasteiger partial charge in [-0.1, -0.05) is 42.6 Å². The number of rotatable bonds is 17. The average molecular weight is 1000 g/mol. The first-order valence-corrected chi connectivity index (χ1v) is 25.3. The number of ether oxygens (including phenoxy) is 1. The molecule has 6 amide bonds. The van der Waals surface area contributed by atoms with Crippen LogP contribution in [0.3, 0.4) is 0 Å². The number of amides is 6. The molecular formula is C48H54ClN8O12P. The fourth-order valence-electron chi connectivity index (χ4n) is 9.85. The third kappa shape index (κ3) is 10.7. The molecule has 8 rings (SSSR count). The number of nitrogens with one attached hydrogen (secondary N) is 4. The summed E-state index contributed by atoms with van der Waals surface area (Å²) in [5.41, 5.74) is 7.15. The number of aromatic nitrogens is 3. The van der Waals surface area contributed by atoms with E-state index < -0.39 is 66.8 Å². The monoisotopic (exact) mass is 1000 g/mol. The van der Waals surface area contributed by atoms with Crippen molar-refractivity contribution in [3.63, 3.8) is 0 Å². The first-order valence-electron chi connectivity index (χ1n) is 23.3. The Morgan fingerprint density at radius 3 is 2.49 bits per heavy atom. The van der Waals surface area contributed by atoms with Gasteiger partial charge in [0, 0.05) is 42.4 Å². The molecule has 3 aromatic carbocycles. The number of imidazole rings is 1. The molecular weight excluding hydrogens is 947 g/mol. The van der Waals surface area contributed by atoms with Gasteiger partial charge in [-0.25, -0.2) is 4.79 Å². The number of carbonyl (C=O) groups is 7. The van der Waals surface area contributed by atoms with Crippen molar-refractivity contribution < 1.29 is 52.7 Å². The largest absolute Gasteiger partial charge is 0.490 e. The number of aryl methyl sites for hydroxylation is 3. The van der Waals surface area contributed by atoms with Crippen LogP contribution in [-0.2, 0) is 48.4 Å². The van der Waals surface area contributed by atoms with Crippen LogP contribution in [0.1, 0.15) is 109 Å².